The summed E-state index contributed by atoms with van der Waals surface area (Å²) in [6.45, 7) is 6.19. The van der Waals surface area contributed by atoms with Crippen LogP contribution in [0.3, 0.4) is 0 Å². The Morgan fingerprint density at radius 3 is 1.68 bits per heavy atom. The van der Waals surface area contributed by atoms with Crippen LogP contribution in [0.25, 0.3) is 0 Å². The van der Waals surface area contributed by atoms with Crippen molar-refractivity contribution in [2.45, 2.75) is 12.8 Å². The molecule has 0 spiro atoms. The molecule has 0 radical (unpaired) electrons. The molecule has 1 nitrogen and oxygen atoms in total. The SMILES string of the molecule is C=C(OC)C(C)C(c1ccccc1)c1ccccc1. The fraction of sp³-hybridized carbons (Fsp3) is 0.222. The van der Waals surface area contributed by atoms with Gasteiger partial charge in [0, 0.05) is 11.8 Å². The summed E-state index contributed by atoms with van der Waals surface area (Å²) in [5, 5.41) is 0. The first-order chi connectivity index (χ1) is 9.24. The summed E-state index contributed by atoms with van der Waals surface area (Å²) in [6, 6.07) is 21.0. The fourth-order valence-electron chi connectivity index (χ4n) is 2.46. The highest BCUT2D eigenvalue weighted by Crippen LogP contribution is 2.35. The van der Waals surface area contributed by atoms with E-state index in [2.05, 4.69) is 62.0 Å². The normalized spacial score (nSPS) is 12.2. The maximum Gasteiger partial charge on any atom is 0.0921 e. The van der Waals surface area contributed by atoms with E-state index in [1.807, 2.05) is 12.1 Å². The fourth-order valence-corrected chi connectivity index (χ4v) is 2.46. The molecule has 0 N–H and O–H groups in total. The highest BCUT2D eigenvalue weighted by Gasteiger charge is 2.23. The predicted octanol–water partition coefficient (Wildman–Crippen LogP) is 4.61. The number of hydrogen-bond acceptors (Lipinski definition) is 1. The van der Waals surface area contributed by atoms with Crippen molar-refractivity contribution in [1.82, 2.24) is 0 Å². The molecule has 0 amide bonds. The van der Waals surface area contributed by atoms with E-state index in [4.69, 9.17) is 4.74 Å². The summed E-state index contributed by atoms with van der Waals surface area (Å²) in [7, 11) is 1.69. The molecule has 1 heteroatoms. The highest BCUT2D eigenvalue weighted by molar-refractivity contribution is 5.34. The minimum Gasteiger partial charge on any atom is -0.501 e. The van der Waals surface area contributed by atoms with Crippen LogP contribution < -0.4 is 0 Å². The van der Waals surface area contributed by atoms with Gasteiger partial charge in [0.2, 0.25) is 0 Å². The molecule has 1 atom stereocenters. The van der Waals surface area contributed by atoms with Gasteiger partial charge in [-0.3, -0.25) is 0 Å². The molecule has 0 heterocycles. The summed E-state index contributed by atoms with van der Waals surface area (Å²) in [5.74, 6) is 1.32. The molecule has 0 saturated heterocycles. The summed E-state index contributed by atoms with van der Waals surface area (Å²) >= 11 is 0. The lowest BCUT2D eigenvalue weighted by Crippen LogP contribution is -2.14. The van der Waals surface area contributed by atoms with Crippen LogP contribution in [0.4, 0.5) is 0 Å². The molecule has 19 heavy (non-hydrogen) atoms. The monoisotopic (exact) mass is 252 g/mol. The van der Waals surface area contributed by atoms with E-state index in [0.717, 1.165) is 5.76 Å². The Morgan fingerprint density at radius 2 is 1.32 bits per heavy atom. The quantitative estimate of drug-likeness (QED) is 0.706. The molecule has 2 aromatic carbocycles. The predicted molar refractivity (Wildman–Crippen MR) is 80.0 cm³/mol. The number of rotatable bonds is 5. The third-order valence-electron chi connectivity index (χ3n) is 3.59. The zero-order valence-corrected chi connectivity index (χ0v) is 11.5. The molecule has 2 rings (SSSR count). The van der Waals surface area contributed by atoms with E-state index in [1.54, 1.807) is 7.11 Å². The van der Waals surface area contributed by atoms with Crippen LogP contribution >= 0.6 is 0 Å². The summed E-state index contributed by atoms with van der Waals surface area (Å²) < 4.78 is 5.34. The Hall–Kier alpha value is -2.02. The lowest BCUT2D eigenvalue weighted by Gasteiger charge is -2.26. The molecule has 0 fully saturated rings. The first kappa shape index (κ1) is 13.4. The van der Waals surface area contributed by atoms with Gasteiger partial charge in [-0.1, -0.05) is 74.2 Å². The molecule has 0 bridgehead atoms. The maximum atomic E-state index is 5.34. The zero-order valence-electron chi connectivity index (χ0n) is 11.5. The van der Waals surface area contributed by atoms with Gasteiger partial charge in [-0.2, -0.15) is 0 Å². The Bertz CT molecular complexity index is 476. The van der Waals surface area contributed by atoms with Gasteiger partial charge in [0.25, 0.3) is 0 Å². The molecule has 1 unspecified atom stereocenters. The first-order valence-corrected chi connectivity index (χ1v) is 6.56. The van der Waals surface area contributed by atoms with E-state index in [-0.39, 0.29) is 11.8 Å². The van der Waals surface area contributed by atoms with E-state index in [9.17, 15) is 0 Å². The van der Waals surface area contributed by atoms with Crippen LogP contribution in [0.1, 0.15) is 24.0 Å². The van der Waals surface area contributed by atoms with Crippen molar-refractivity contribution in [3.05, 3.63) is 84.1 Å². The van der Waals surface area contributed by atoms with Gasteiger partial charge in [-0.05, 0) is 11.1 Å². The summed E-state index contributed by atoms with van der Waals surface area (Å²) in [4.78, 5) is 0. The Morgan fingerprint density at radius 1 is 0.895 bits per heavy atom. The second-order valence-corrected chi connectivity index (χ2v) is 4.76. The van der Waals surface area contributed by atoms with Gasteiger partial charge in [-0.25, -0.2) is 0 Å². The lowest BCUT2D eigenvalue weighted by molar-refractivity contribution is 0.241. The van der Waals surface area contributed by atoms with Crippen LogP contribution in [0.5, 0.6) is 0 Å². The van der Waals surface area contributed by atoms with Crippen molar-refractivity contribution in [2.75, 3.05) is 7.11 Å². The second kappa shape index (κ2) is 6.24. The average molecular weight is 252 g/mol. The molecule has 98 valence electrons. The number of hydrogen-bond donors (Lipinski definition) is 0. The highest BCUT2D eigenvalue weighted by atomic mass is 16.5. The van der Waals surface area contributed by atoms with Gasteiger partial charge in [0.15, 0.2) is 0 Å². The molecule has 0 aromatic heterocycles. The van der Waals surface area contributed by atoms with E-state index < -0.39 is 0 Å². The Kier molecular flexibility index (Phi) is 4.40. The van der Waals surface area contributed by atoms with E-state index in [1.165, 1.54) is 11.1 Å². The molecule has 0 saturated carbocycles. The molecular weight excluding hydrogens is 232 g/mol. The van der Waals surface area contributed by atoms with Crippen LogP contribution in [-0.2, 0) is 4.74 Å². The van der Waals surface area contributed by atoms with Gasteiger partial charge in [0.1, 0.15) is 0 Å². The Labute approximate surface area is 115 Å². The van der Waals surface area contributed by atoms with Crippen molar-refractivity contribution < 1.29 is 4.74 Å². The number of allylic oxidation sites excluding steroid dienone is 1. The van der Waals surface area contributed by atoms with Crippen molar-refractivity contribution >= 4 is 0 Å². The van der Waals surface area contributed by atoms with Gasteiger partial charge in [-0.15, -0.1) is 0 Å². The largest absolute Gasteiger partial charge is 0.501 e. The smallest absolute Gasteiger partial charge is 0.0921 e. The first-order valence-electron chi connectivity index (χ1n) is 6.56. The van der Waals surface area contributed by atoms with E-state index in [0.29, 0.717) is 0 Å². The number of ether oxygens (including phenoxy) is 1. The standard InChI is InChI=1S/C18H20O/c1-14(15(2)19-3)18(16-10-6-4-7-11-16)17-12-8-5-9-13-17/h4-14,18H,2H2,1,3H3. The zero-order chi connectivity index (χ0) is 13.7. The van der Waals surface area contributed by atoms with Crippen LogP contribution in [0.15, 0.2) is 73.0 Å². The second-order valence-electron chi connectivity index (χ2n) is 4.76. The molecule has 0 aliphatic heterocycles. The number of benzene rings is 2. The summed E-state index contributed by atoms with van der Waals surface area (Å²) in [6.07, 6.45) is 0. The third kappa shape index (κ3) is 3.05. The van der Waals surface area contributed by atoms with Crippen molar-refractivity contribution in [2.24, 2.45) is 5.92 Å². The van der Waals surface area contributed by atoms with Gasteiger partial charge >= 0.3 is 0 Å². The van der Waals surface area contributed by atoms with E-state index >= 15 is 0 Å². The minimum absolute atomic E-state index is 0.231. The Balaban J connectivity index is 2.43. The van der Waals surface area contributed by atoms with Crippen LogP contribution in [0.2, 0.25) is 0 Å². The van der Waals surface area contributed by atoms with Crippen LogP contribution in [0, 0.1) is 5.92 Å². The average Bonchev–Trinajstić information content (AvgIpc) is 2.49. The molecule has 0 aliphatic rings. The van der Waals surface area contributed by atoms with Gasteiger partial charge in [0.05, 0.1) is 12.9 Å². The third-order valence-corrected chi connectivity index (χ3v) is 3.59. The lowest BCUT2D eigenvalue weighted by atomic mass is 9.81. The molecule has 2 aromatic rings. The van der Waals surface area contributed by atoms with Gasteiger partial charge < -0.3 is 4.74 Å². The van der Waals surface area contributed by atoms with Crippen molar-refractivity contribution in [3.63, 3.8) is 0 Å². The van der Waals surface area contributed by atoms with Crippen LogP contribution in [-0.4, -0.2) is 7.11 Å². The molecular formula is C18H20O. The minimum atomic E-state index is 0.231. The van der Waals surface area contributed by atoms with Crippen molar-refractivity contribution in [3.8, 4) is 0 Å². The number of methoxy groups -OCH3 is 1. The molecule has 0 aliphatic carbocycles. The summed E-state index contributed by atoms with van der Waals surface area (Å²) in [5.41, 5.74) is 2.58. The topological polar surface area (TPSA) is 9.23 Å². The van der Waals surface area contributed by atoms with Crippen molar-refractivity contribution in [1.29, 1.82) is 0 Å². The maximum absolute atomic E-state index is 5.34.